The highest BCUT2D eigenvalue weighted by Gasteiger charge is 2.20. The van der Waals surface area contributed by atoms with Crippen molar-refractivity contribution in [3.8, 4) is 22.5 Å². The molecule has 0 amide bonds. The third kappa shape index (κ3) is 3.79. The zero-order chi connectivity index (χ0) is 33.9. The summed E-state index contributed by atoms with van der Waals surface area (Å²) in [4.78, 5) is 0. The molecule has 0 atom stereocenters. The van der Waals surface area contributed by atoms with E-state index in [4.69, 9.17) is 4.42 Å². The highest BCUT2D eigenvalue weighted by atomic mass is 32.1. The van der Waals surface area contributed by atoms with Gasteiger partial charge in [0.1, 0.15) is 11.2 Å². The smallest absolute Gasteiger partial charge is 0.143 e. The maximum absolute atomic E-state index is 6.44. The van der Waals surface area contributed by atoms with Gasteiger partial charge in [0.05, 0.1) is 26.8 Å². The highest BCUT2D eigenvalue weighted by molar-refractivity contribution is 7.26. The molecule has 0 aliphatic carbocycles. The first kappa shape index (κ1) is 28.1. The first-order valence-electron chi connectivity index (χ1n) is 17.7. The summed E-state index contributed by atoms with van der Waals surface area (Å²) < 4.78 is 14.0. The Balaban J connectivity index is 1.14. The molecule has 52 heavy (non-hydrogen) atoms. The summed E-state index contributed by atoms with van der Waals surface area (Å²) in [6, 6.07) is 61.7. The van der Waals surface area contributed by atoms with Crippen LogP contribution in [-0.2, 0) is 0 Å². The Labute approximate surface area is 301 Å². The molecule has 0 spiro atoms. The van der Waals surface area contributed by atoms with Crippen LogP contribution in [-0.4, -0.2) is 9.13 Å². The van der Waals surface area contributed by atoms with Crippen molar-refractivity contribution < 1.29 is 4.42 Å². The van der Waals surface area contributed by atoms with Gasteiger partial charge in [-0.25, -0.2) is 0 Å². The fraction of sp³-hybridized carbons (Fsp3) is 0. The number of hydrogen-bond acceptors (Lipinski definition) is 2. The molecule has 4 heteroatoms. The lowest BCUT2D eigenvalue weighted by Gasteiger charge is -2.12. The Hall–Kier alpha value is -6.62. The number of aromatic nitrogens is 2. The Morgan fingerprint density at radius 2 is 1.02 bits per heavy atom. The second-order valence-corrected chi connectivity index (χ2v) is 14.7. The van der Waals surface area contributed by atoms with Crippen LogP contribution in [0.5, 0.6) is 0 Å². The summed E-state index contributed by atoms with van der Waals surface area (Å²) in [5.41, 5.74) is 11.2. The van der Waals surface area contributed by atoms with Gasteiger partial charge in [-0.15, -0.1) is 11.3 Å². The first-order valence-corrected chi connectivity index (χ1v) is 18.5. The average molecular weight is 681 g/mol. The quantitative estimate of drug-likeness (QED) is 0.182. The van der Waals surface area contributed by atoms with Gasteiger partial charge in [0.25, 0.3) is 0 Å². The van der Waals surface area contributed by atoms with Gasteiger partial charge in [0.15, 0.2) is 0 Å². The maximum atomic E-state index is 6.44. The molecule has 0 radical (unpaired) electrons. The summed E-state index contributed by atoms with van der Waals surface area (Å²) >= 11 is 1.89. The number of rotatable bonds is 3. The standard InChI is InChI=1S/C48H28N2OS/c1-5-16-41-33(10-1)34-11-2-6-17-42(34)49(41)31-24-25-35-38-26-27-40-37-13-4-8-19-45(37)52-48(40)46(38)50(43(35)28-31)30-22-20-29(21-23-30)32-14-9-15-39-36-12-3-7-18-44(36)51-47(32)39/h1-28H. The minimum absolute atomic E-state index is 0.915. The number of fused-ring (bicyclic) bond motifs is 13. The number of thiophene rings is 1. The lowest BCUT2D eigenvalue weighted by atomic mass is 10.0. The van der Waals surface area contributed by atoms with Crippen LogP contribution in [0.15, 0.2) is 174 Å². The molecule has 0 bridgehead atoms. The molecular weight excluding hydrogens is 653 g/mol. The van der Waals surface area contributed by atoms with Crippen LogP contribution in [0.4, 0.5) is 0 Å². The van der Waals surface area contributed by atoms with E-state index >= 15 is 0 Å². The van der Waals surface area contributed by atoms with Crippen molar-refractivity contribution in [1.29, 1.82) is 0 Å². The van der Waals surface area contributed by atoms with E-state index in [0.717, 1.165) is 44.4 Å². The van der Waals surface area contributed by atoms with Crippen LogP contribution in [0.2, 0.25) is 0 Å². The predicted octanol–water partition coefficient (Wildman–Crippen LogP) is 13.8. The SMILES string of the molecule is c1ccc2c(c1)oc1c(-c3ccc(-n4c5cc(-n6c7ccccc7c7ccccc76)ccc5c5ccc6c7ccccc7sc6c54)cc3)cccc12. The monoisotopic (exact) mass is 680 g/mol. The summed E-state index contributed by atoms with van der Waals surface area (Å²) in [5, 5.41) is 9.93. The van der Waals surface area contributed by atoms with Crippen molar-refractivity contribution in [3.05, 3.63) is 170 Å². The van der Waals surface area contributed by atoms with Crippen LogP contribution in [0, 0.1) is 0 Å². The topological polar surface area (TPSA) is 23.0 Å². The van der Waals surface area contributed by atoms with E-state index < -0.39 is 0 Å². The zero-order valence-corrected chi connectivity index (χ0v) is 28.7. The van der Waals surface area contributed by atoms with Crippen molar-refractivity contribution in [2.75, 3.05) is 0 Å². The van der Waals surface area contributed by atoms with Crippen molar-refractivity contribution in [1.82, 2.24) is 9.13 Å². The number of furan rings is 1. The highest BCUT2D eigenvalue weighted by Crippen LogP contribution is 2.44. The molecule has 0 aliphatic heterocycles. The minimum Gasteiger partial charge on any atom is -0.455 e. The minimum atomic E-state index is 0.915. The Kier molecular flexibility index (Phi) is 5.65. The maximum Gasteiger partial charge on any atom is 0.143 e. The lowest BCUT2D eigenvalue weighted by molar-refractivity contribution is 0.670. The molecule has 0 saturated heterocycles. The van der Waals surface area contributed by atoms with E-state index in [9.17, 15) is 0 Å². The fourth-order valence-electron chi connectivity index (χ4n) is 8.64. The van der Waals surface area contributed by atoms with Gasteiger partial charge >= 0.3 is 0 Å². The number of para-hydroxylation sites is 4. The van der Waals surface area contributed by atoms with Crippen LogP contribution >= 0.6 is 11.3 Å². The largest absolute Gasteiger partial charge is 0.455 e. The summed E-state index contributed by atoms with van der Waals surface area (Å²) in [5.74, 6) is 0. The van der Waals surface area contributed by atoms with E-state index in [2.05, 4.69) is 167 Å². The molecule has 3 nitrogen and oxygen atoms in total. The molecule has 0 saturated carbocycles. The van der Waals surface area contributed by atoms with E-state index in [1.54, 1.807) is 0 Å². The molecule has 0 aliphatic rings. The van der Waals surface area contributed by atoms with Gasteiger partial charge in [0, 0.05) is 64.7 Å². The van der Waals surface area contributed by atoms with E-state index in [-0.39, 0.29) is 0 Å². The number of benzene rings is 8. The molecule has 12 rings (SSSR count). The molecule has 4 aromatic heterocycles. The van der Waals surface area contributed by atoms with Gasteiger partial charge in [-0.1, -0.05) is 121 Å². The van der Waals surface area contributed by atoms with Crippen LogP contribution in [0.1, 0.15) is 0 Å². The summed E-state index contributed by atoms with van der Waals surface area (Å²) in [6.45, 7) is 0. The van der Waals surface area contributed by atoms with Crippen LogP contribution in [0.3, 0.4) is 0 Å². The summed E-state index contributed by atoms with van der Waals surface area (Å²) in [6.07, 6.45) is 0. The van der Waals surface area contributed by atoms with Crippen LogP contribution < -0.4 is 0 Å². The molecule has 0 unspecified atom stereocenters. The van der Waals surface area contributed by atoms with E-state index in [0.29, 0.717) is 0 Å². The Morgan fingerprint density at radius 1 is 0.404 bits per heavy atom. The van der Waals surface area contributed by atoms with E-state index in [1.165, 1.54) is 63.8 Å². The predicted molar refractivity (Wildman–Crippen MR) is 221 cm³/mol. The Bertz CT molecular complexity index is 3360. The second-order valence-electron chi connectivity index (χ2n) is 13.7. The molecule has 4 heterocycles. The van der Waals surface area contributed by atoms with Gasteiger partial charge in [-0.05, 0) is 54.1 Å². The number of hydrogen-bond donors (Lipinski definition) is 0. The van der Waals surface area contributed by atoms with Crippen molar-refractivity contribution in [2.24, 2.45) is 0 Å². The van der Waals surface area contributed by atoms with Crippen molar-refractivity contribution in [3.63, 3.8) is 0 Å². The van der Waals surface area contributed by atoms with Crippen molar-refractivity contribution >= 4 is 97.1 Å². The Morgan fingerprint density at radius 3 is 1.83 bits per heavy atom. The normalized spacial score (nSPS) is 12.2. The lowest BCUT2D eigenvalue weighted by Crippen LogP contribution is -1.97. The third-order valence-electron chi connectivity index (χ3n) is 10.9. The molecular formula is C48H28N2OS. The van der Waals surface area contributed by atoms with Gasteiger partial charge in [-0.3, -0.25) is 0 Å². The second kappa shape index (κ2) is 10.5. The molecule has 12 aromatic rings. The fourth-order valence-corrected chi connectivity index (χ4v) is 9.88. The van der Waals surface area contributed by atoms with Gasteiger partial charge in [0.2, 0.25) is 0 Å². The molecule has 0 N–H and O–H groups in total. The van der Waals surface area contributed by atoms with E-state index in [1.807, 2.05) is 23.5 Å². The summed E-state index contributed by atoms with van der Waals surface area (Å²) in [7, 11) is 0. The zero-order valence-electron chi connectivity index (χ0n) is 27.9. The average Bonchev–Trinajstić information content (AvgIpc) is 3.95. The first-order chi connectivity index (χ1) is 25.8. The van der Waals surface area contributed by atoms with Gasteiger partial charge in [-0.2, -0.15) is 0 Å². The van der Waals surface area contributed by atoms with Gasteiger partial charge < -0.3 is 13.6 Å². The molecule has 8 aromatic carbocycles. The number of nitrogens with zero attached hydrogens (tertiary/aromatic N) is 2. The van der Waals surface area contributed by atoms with Crippen LogP contribution in [0.25, 0.3) is 108 Å². The third-order valence-corrected chi connectivity index (χ3v) is 12.1. The molecule has 0 fully saturated rings. The van der Waals surface area contributed by atoms with Crippen molar-refractivity contribution in [2.45, 2.75) is 0 Å². The molecule has 242 valence electrons.